The quantitative estimate of drug-likeness (QED) is 0.424. The first-order valence-corrected chi connectivity index (χ1v) is 9.91. The number of fused-ring (bicyclic) bond motifs is 1. The highest BCUT2D eigenvalue weighted by Crippen LogP contribution is 2.58. The highest BCUT2D eigenvalue weighted by atomic mass is 15.1. The third-order valence-electron chi connectivity index (χ3n) is 6.45. The van der Waals surface area contributed by atoms with Gasteiger partial charge in [-0.2, -0.15) is 0 Å². The van der Waals surface area contributed by atoms with Crippen LogP contribution in [-0.2, 0) is 0 Å². The maximum atomic E-state index is 2.61. The van der Waals surface area contributed by atoms with Gasteiger partial charge in [-0.05, 0) is 35.7 Å². The van der Waals surface area contributed by atoms with Crippen molar-refractivity contribution in [3.05, 3.63) is 11.6 Å². The summed E-state index contributed by atoms with van der Waals surface area (Å²) in [5.74, 6) is 1.85. The van der Waals surface area contributed by atoms with E-state index in [1.54, 1.807) is 15.4 Å². The van der Waals surface area contributed by atoms with Gasteiger partial charge in [-0.1, -0.05) is 19.9 Å². The molecule has 3 heteroatoms. The van der Waals surface area contributed by atoms with E-state index in [0.29, 0.717) is 5.41 Å². The van der Waals surface area contributed by atoms with Crippen molar-refractivity contribution >= 4 is 0 Å². The van der Waals surface area contributed by atoms with Gasteiger partial charge in [-0.3, -0.25) is 0 Å². The van der Waals surface area contributed by atoms with Crippen molar-refractivity contribution < 1.29 is 14.7 Å². The van der Waals surface area contributed by atoms with Crippen LogP contribution in [0.3, 0.4) is 0 Å². The molecule has 134 valence electrons. The molecule has 3 aliphatic carbocycles. The van der Waals surface area contributed by atoms with Crippen molar-refractivity contribution in [2.75, 3.05) is 60.9 Å². The summed E-state index contributed by atoms with van der Waals surface area (Å²) in [6.07, 6.45) is 8.14. The minimum absolute atomic E-state index is 0.580. The molecule has 0 amide bonds. The molecule has 0 saturated heterocycles. The first-order valence-electron chi connectivity index (χ1n) is 9.91. The predicted octanol–water partition coefficient (Wildman–Crippen LogP) is -1.07. The van der Waals surface area contributed by atoms with E-state index in [4.69, 9.17) is 0 Å². The van der Waals surface area contributed by atoms with E-state index in [1.807, 2.05) is 4.90 Å². The lowest BCUT2D eigenvalue weighted by molar-refractivity contribution is -0.911. The topological polar surface area (TPSA) is 13.3 Å². The van der Waals surface area contributed by atoms with E-state index in [-0.39, 0.29) is 0 Å². The zero-order valence-corrected chi connectivity index (χ0v) is 16.6. The average Bonchev–Trinajstić information content (AvgIpc) is 2.46. The summed E-state index contributed by atoms with van der Waals surface area (Å²) >= 11 is 0. The first-order chi connectivity index (χ1) is 10.8. The second-order valence-corrected chi connectivity index (χ2v) is 9.37. The van der Waals surface area contributed by atoms with Crippen molar-refractivity contribution in [2.45, 2.75) is 39.5 Å². The molecule has 0 radical (unpaired) electrons. The smallest absolute Gasteiger partial charge is 0.0990 e. The minimum Gasteiger partial charge on any atom is -0.340 e. The fourth-order valence-electron chi connectivity index (χ4n) is 4.65. The van der Waals surface area contributed by atoms with E-state index in [1.165, 1.54) is 58.4 Å². The molecule has 2 bridgehead atoms. The van der Waals surface area contributed by atoms with Crippen LogP contribution >= 0.6 is 0 Å². The van der Waals surface area contributed by atoms with Gasteiger partial charge in [0, 0.05) is 12.8 Å². The maximum Gasteiger partial charge on any atom is 0.0990 e. The zero-order valence-electron chi connectivity index (χ0n) is 16.6. The maximum absolute atomic E-state index is 2.61. The normalized spacial score (nSPS) is 25.9. The molecule has 1 saturated carbocycles. The van der Waals surface area contributed by atoms with Gasteiger partial charge in [0.05, 0.1) is 60.9 Å². The van der Waals surface area contributed by atoms with Crippen LogP contribution in [0.4, 0.5) is 0 Å². The largest absolute Gasteiger partial charge is 0.340 e. The van der Waals surface area contributed by atoms with Crippen LogP contribution in [0.5, 0.6) is 0 Å². The Morgan fingerprint density at radius 3 is 1.96 bits per heavy atom. The number of hydrogen-bond donors (Lipinski definition) is 3. The molecular weight excluding hydrogens is 282 g/mol. The molecule has 3 rings (SSSR count). The van der Waals surface area contributed by atoms with Crippen molar-refractivity contribution in [2.24, 2.45) is 17.3 Å². The predicted molar refractivity (Wildman–Crippen MR) is 98.2 cm³/mol. The van der Waals surface area contributed by atoms with Gasteiger partial charge in [-0.15, -0.1) is 0 Å². The van der Waals surface area contributed by atoms with Crippen molar-refractivity contribution in [3.63, 3.8) is 0 Å². The van der Waals surface area contributed by atoms with E-state index < -0.39 is 0 Å². The van der Waals surface area contributed by atoms with Gasteiger partial charge in [-0.25, -0.2) is 0 Å². The highest BCUT2D eigenvalue weighted by Gasteiger charge is 2.51. The van der Waals surface area contributed by atoms with E-state index in [9.17, 15) is 0 Å². The fourth-order valence-corrected chi connectivity index (χ4v) is 4.65. The Morgan fingerprint density at radius 2 is 1.52 bits per heavy atom. The molecular formula is C20H42N3+3. The summed E-state index contributed by atoms with van der Waals surface area (Å²) in [5.41, 5.74) is 2.37. The SMILES string of the molecule is C[NH+](C)CCC[NH+](CCC[NH+](C)C)CC1=CC[C@H]2C[C@@H]1C2(C)C. The number of hydrogen-bond acceptors (Lipinski definition) is 0. The van der Waals surface area contributed by atoms with Crippen LogP contribution < -0.4 is 14.7 Å². The first kappa shape index (κ1) is 19.0. The second-order valence-electron chi connectivity index (χ2n) is 9.37. The zero-order chi connectivity index (χ0) is 17.0. The Balaban J connectivity index is 1.87. The van der Waals surface area contributed by atoms with E-state index in [0.717, 1.165) is 11.8 Å². The number of allylic oxidation sites excluding steroid dienone is 1. The number of quaternary nitrogens is 3. The number of nitrogens with one attached hydrogen (secondary N) is 3. The Morgan fingerprint density at radius 1 is 0.957 bits per heavy atom. The lowest BCUT2D eigenvalue weighted by Crippen LogP contribution is -3.14. The van der Waals surface area contributed by atoms with Gasteiger partial charge in [0.1, 0.15) is 0 Å². The Labute approximate surface area is 144 Å². The van der Waals surface area contributed by atoms with Crippen LogP contribution in [-0.4, -0.2) is 60.9 Å². The molecule has 0 aromatic carbocycles. The summed E-state index contributed by atoms with van der Waals surface area (Å²) in [5, 5.41) is 0. The molecule has 23 heavy (non-hydrogen) atoms. The second kappa shape index (κ2) is 8.13. The minimum atomic E-state index is 0.580. The Bertz CT molecular complexity index is 384. The van der Waals surface area contributed by atoms with Gasteiger partial charge >= 0.3 is 0 Å². The van der Waals surface area contributed by atoms with Crippen molar-refractivity contribution in [3.8, 4) is 0 Å². The summed E-state index contributed by atoms with van der Waals surface area (Å²) in [4.78, 5) is 5.00. The van der Waals surface area contributed by atoms with Gasteiger partial charge < -0.3 is 14.7 Å². The summed E-state index contributed by atoms with van der Waals surface area (Å²) in [6.45, 7) is 11.6. The molecule has 3 N–H and O–H groups in total. The van der Waals surface area contributed by atoms with Crippen molar-refractivity contribution in [1.29, 1.82) is 0 Å². The van der Waals surface area contributed by atoms with Crippen LogP contribution in [0.1, 0.15) is 39.5 Å². The molecule has 3 aliphatic rings. The Hall–Kier alpha value is -0.380. The van der Waals surface area contributed by atoms with Crippen LogP contribution in [0.15, 0.2) is 11.6 Å². The summed E-state index contributed by atoms with van der Waals surface area (Å²) in [6, 6.07) is 0. The number of rotatable bonds is 10. The fraction of sp³-hybridized carbons (Fsp3) is 0.900. The van der Waals surface area contributed by atoms with E-state index in [2.05, 4.69) is 48.1 Å². The monoisotopic (exact) mass is 324 g/mol. The van der Waals surface area contributed by atoms with Gasteiger partial charge in [0.2, 0.25) is 0 Å². The highest BCUT2D eigenvalue weighted by molar-refractivity contribution is 5.23. The van der Waals surface area contributed by atoms with Gasteiger partial charge in [0.25, 0.3) is 0 Å². The molecule has 0 spiro atoms. The van der Waals surface area contributed by atoms with Crippen LogP contribution in [0.2, 0.25) is 0 Å². The van der Waals surface area contributed by atoms with E-state index >= 15 is 0 Å². The molecule has 0 heterocycles. The molecule has 1 fully saturated rings. The molecule has 0 aromatic rings. The standard InChI is InChI=1S/C20H39N3/c1-20(2)18-10-9-17(19(20)15-18)16-23(13-7-11-21(3)4)14-8-12-22(5)6/h9,18-19H,7-8,10-16H2,1-6H3/p+3/t18-,19-/m0/s1. The summed E-state index contributed by atoms with van der Waals surface area (Å²) in [7, 11) is 9.09. The molecule has 3 nitrogen and oxygen atoms in total. The summed E-state index contributed by atoms with van der Waals surface area (Å²) < 4.78 is 0. The van der Waals surface area contributed by atoms with Crippen LogP contribution in [0.25, 0.3) is 0 Å². The molecule has 0 aliphatic heterocycles. The Kier molecular flexibility index (Phi) is 6.70. The lowest BCUT2D eigenvalue weighted by atomic mass is 9.49. The molecule has 2 atom stereocenters. The lowest BCUT2D eigenvalue weighted by Gasteiger charge is -2.56. The average molecular weight is 325 g/mol. The van der Waals surface area contributed by atoms with Crippen molar-refractivity contribution in [1.82, 2.24) is 0 Å². The third-order valence-corrected chi connectivity index (χ3v) is 6.45. The molecule has 0 unspecified atom stereocenters. The van der Waals surface area contributed by atoms with Crippen LogP contribution in [0, 0.1) is 17.3 Å². The third kappa shape index (κ3) is 5.04. The molecule has 0 aromatic heterocycles. The van der Waals surface area contributed by atoms with Gasteiger partial charge in [0.15, 0.2) is 0 Å².